The topological polar surface area (TPSA) is 45.2 Å². The highest BCUT2D eigenvalue weighted by Crippen LogP contribution is 2.16. The highest BCUT2D eigenvalue weighted by molar-refractivity contribution is 5.93. The van der Waals surface area contributed by atoms with E-state index in [1.807, 2.05) is 62.5 Å². The molecule has 0 saturated carbocycles. The van der Waals surface area contributed by atoms with Crippen molar-refractivity contribution in [3.8, 4) is 0 Å². The molecule has 1 aromatic heterocycles. The van der Waals surface area contributed by atoms with E-state index in [1.54, 1.807) is 6.20 Å². The predicted octanol–water partition coefficient (Wildman–Crippen LogP) is 3.96. The summed E-state index contributed by atoms with van der Waals surface area (Å²) >= 11 is 0. The highest BCUT2D eigenvalue weighted by Gasteiger charge is 2.10. The van der Waals surface area contributed by atoms with Gasteiger partial charge >= 0.3 is 0 Å². The molecule has 26 heavy (non-hydrogen) atoms. The molecule has 1 heterocycles. The minimum Gasteiger partial charge on any atom is -0.370 e. The minimum absolute atomic E-state index is 0.165. The molecule has 3 aromatic rings. The van der Waals surface area contributed by atoms with Crippen LogP contribution in [-0.4, -0.2) is 17.9 Å². The van der Waals surface area contributed by atoms with Gasteiger partial charge in [0.15, 0.2) is 0 Å². The summed E-state index contributed by atoms with van der Waals surface area (Å²) in [4.78, 5) is 18.8. The molecule has 2 aromatic carbocycles. The number of rotatable bonds is 6. The van der Waals surface area contributed by atoms with E-state index in [9.17, 15) is 4.79 Å². The van der Waals surface area contributed by atoms with Crippen LogP contribution in [-0.2, 0) is 13.1 Å². The summed E-state index contributed by atoms with van der Waals surface area (Å²) in [5, 5.41) is 2.94. The van der Waals surface area contributed by atoms with E-state index in [4.69, 9.17) is 0 Å². The van der Waals surface area contributed by atoms with Gasteiger partial charge in [-0.25, -0.2) is 0 Å². The summed E-state index contributed by atoms with van der Waals surface area (Å²) < 4.78 is 0. The summed E-state index contributed by atoms with van der Waals surface area (Å²) in [7, 11) is 2.01. The van der Waals surface area contributed by atoms with Crippen molar-refractivity contribution in [1.29, 1.82) is 0 Å². The van der Waals surface area contributed by atoms with Crippen LogP contribution in [0.3, 0.4) is 0 Å². The van der Waals surface area contributed by atoms with E-state index in [0.717, 1.165) is 17.8 Å². The molecule has 0 unspecified atom stereocenters. The third kappa shape index (κ3) is 4.70. The number of amides is 1. The Balaban J connectivity index is 1.65. The van der Waals surface area contributed by atoms with Gasteiger partial charge in [-0.05, 0) is 30.2 Å². The Bertz CT molecular complexity index is 877. The molecule has 132 valence electrons. The van der Waals surface area contributed by atoms with E-state index in [-0.39, 0.29) is 5.91 Å². The minimum atomic E-state index is -0.165. The van der Waals surface area contributed by atoms with Gasteiger partial charge in [-0.15, -0.1) is 0 Å². The average molecular weight is 345 g/mol. The second kappa shape index (κ2) is 8.30. The van der Waals surface area contributed by atoms with E-state index < -0.39 is 0 Å². The molecule has 3 rings (SSSR count). The smallest absolute Gasteiger partial charge is 0.270 e. The Hall–Kier alpha value is -3.14. The molecule has 0 radical (unpaired) electrons. The van der Waals surface area contributed by atoms with Crippen molar-refractivity contribution in [3.05, 3.63) is 95.3 Å². The van der Waals surface area contributed by atoms with Crippen molar-refractivity contribution in [2.45, 2.75) is 20.0 Å². The van der Waals surface area contributed by atoms with Crippen LogP contribution in [0.1, 0.15) is 27.2 Å². The van der Waals surface area contributed by atoms with Gasteiger partial charge in [0.1, 0.15) is 5.69 Å². The Morgan fingerprint density at radius 3 is 2.54 bits per heavy atom. The van der Waals surface area contributed by atoms with Crippen LogP contribution in [0.5, 0.6) is 0 Å². The number of carbonyl (C=O) groups excluding carboxylic acids is 1. The average Bonchev–Trinajstić information content (AvgIpc) is 2.67. The summed E-state index contributed by atoms with van der Waals surface area (Å²) in [5.41, 5.74) is 4.87. The molecule has 0 aliphatic rings. The van der Waals surface area contributed by atoms with Gasteiger partial charge in [0.25, 0.3) is 5.91 Å². The third-order valence-electron chi connectivity index (χ3n) is 4.22. The first kappa shape index (κ1) is 17.7. The first-order chi connectivity index (χ1) is 12.6. The zero-order valence-corrected chi connectivity index (χ0v) is 15.1. The van der Waals surface area contributed by atoms with Crippen LogP contribution in [0.2, 0.25) is 0 Å². The summed E-state index contributed by atoms with van der Waals surface area (Å²) in [6.07, 6.45) is 1.68. The predicted molar refractivity (Wildman–Crippen MR) is 105 cm³/mol. The van der Waals surface area contributed by atoms with Gasteiger partial charge in [-0.2, -0.15) is 0 Å². The first-order valence-electron chi connectivity index (χ1n) is 8.67. The van der Waals surface area contributed by atoms with Crippen molar-refractivity contribution in [1.82, 2.24) is 10.3 Å². The highest BCUT2D eigenvalue weighted by atomic mass is 16.1. The van der Waals surface area contributed by atoms with Gasteiger partial charge in [0, 0.05) is 32.0 Å². The molecule has 0 spiro atoms. The van der Waals surface area contributed by atoms with E-state index in [1.165, 1.54) is 11.1 Å². The number of aromatic nitrogens is 1. The fourth-order valence-electron chi connectivity index (χ4n) is 2.82. The van der Waals surface area contributed by atoms with Crippen molar-refractivity contribution >= 4 is 11.6 Å². The van der Waals surface area contributed by atoms with Crippen LogP contribution in [0.15, 0.2) is 72.9 Å². The van der Waals surface area contributed by atoms with Crippen molar-refractivity contribution in [2.75, 3.05) is 11.9 Å². The first-order valence-corrected chi connectivity index (χ1v) is 8.67. The number of aryl methyl sites for hydroxylation is 1. The maximum absolute atomic E-state index is 12.4. The maximum atomic E-state index is 12.4. The van der Waals surface area contributed by atoms with Crippen molar-refractivity contribution < 1.29 is 4.79 Å². The zero-order chi connectivity index (χ0) is 18.4. The van der Waals surface area contributed by atoms with Crippen LogP contribution < -0.4 is 10.2 Å². The molecular formula is C22H23N3O. The molecule has 0 fully saturated rings. The number of carbonyl (C=O) groups is 1. The van der Waals surface area contributed by atoms with Crippen LogP contribution >= 0.6 is 0 Å². The van der Waals surface area contributed by atoms with Crippen LogP contribution in [0.25, 0.3) is 0 Å². The van der Waals surface area contributed by atoms with E-state index in [0.29, 0.717) is 12.2 Å². The normalized spacial score (nSPS) is 10.4. The van der Waals surface area contributed by atoms with Crippen LogP contribution in [0.4, 0.5) is 5.69 Å². The molecule has 0 bridgehead atoms. The number of anilines is 1. The molecule has 0 aliphatic carbocycles. The fourth-order valence-corrected chi connectivity index (χ4v) is 2.82. The maximum Gasteiger partial charge on any atom is 0.270 e. The van der Waals surface area contributed by atoms with Gasteiger partial charge in [0.2, 0.25) is 0 Å². The van der Waals surface area contributed by atoms with Gasteiger partial charge in [0.05, 0.1) is 0 Å². The molecule has 1 N–H and O–H groups in total. The number of nitrogens with zero attached hydrogens (tertiary/aromatic N) is 2. The Morgan fingerprint density at radius 1 is 1.00 bits per heavy atom. The number of hydrogen-bond acceptors (Lipinski definition) is 3. The molecular weight excluding hydrogens is 322 g/mol. The lowest BCUT2D eigenvalue weighted by molar-refractivity contribution is 0.0946. The second-order valence-electron chi connectivity index (χ2n) is 6.41. The third-order valence-corrected chi connectivity index (χ3v) is 4.22. The number of hydrogen-bond donors (Lipinski definition) is 1. The van der Waals surface area contributed by atoms with Gasteiger partial charge in [-0.3, -0.25) is 9.78 Å². The number of benzene rings is 2. The molecule has 0 aliphatic heterocycles. The SMILES string of the molecule is Cc1cccc(CNC(=O)c2cc(N(C)Cc3ccccc3)ccn2)c1. The number of pyridine rings is 1. The lowest BCUT2D eigenvalue weighted by Crippen LogP contribution is -2.24. The summed E-state index contributed by atoms with van der Waals surface area (Å²) in [5.74, 6) is -0.165. The number of nitrogens with one attached hydrogen (secondary N) is 1. The monoisotopic (exact) mass is 345 g/mol. The lowest BCUT2D eigenvalue weighted by atomic mass is 10.1. The molecule has 4 nitrogen and oxygen atoms in total. The molecule has 0 saturated heterocycles. The largest absolute Gasteiger partial charge is 0.370 e. The molecule has 1 amide bonds. The van der Waals surface area contributed by atoms with E-state index >= 15 is 0 Å². The standard InChI is InChI=1S/C22H23N3O/c1-17-7-6-10-19(13-17)15-24-22(26)21-14-20(11-12-23-21)25(2)16-18-8-4-3-5-9-18/h3-14H,15-16H2,1-2H3,(H,24,26). The molecule has 4 heteroatoms. The fraction of sp³-hybridized carbons (Fsp3) is 0.182. The summed E-state index contributed by atoms with van der Waals surface area (Å²) in [6.45, 7) is 3.31. The zero-order valence-electron chi connectivity index (χ0n) is 15.1. The van der Waals surface area contributed by atoms with Gasteiger partial charge in [-0.1, -0.05) is 60.2 Å². The quantitative estimate of drug-likeness (QED) is 0.735. The second-order valence-corrected chi connectivity index (χ2v) is 6.41. The van der Waals surface area contributed by atoms with Crippen LogP contribution in [0, 0.1) is 6.92 Å². The lowest BCUT2D eigenvalue weighted by Gasteiger charge is -2.19. The Morgan fingerprint density at radius 2 is 1.77 bits per heavy atom. The van der Waals surface area contributed by atoms with E-state index in [2.05, 4.69) is 33.4 Å². The van der Waals surface area contributed by atoms with Crippen molar-refractivity contribution in [3.63, 3.8) is 0 Å². The van der Waals surface area contributed by atoms with Crippen molar-refractivity contribution in [2.24, 2.45) is 0 Å². The summed E-state index contributed by atoms with van der Waals surface area (Å²) in [6, 6.07) is 22.1. The molecule has 0 atom stereocenters. The Labute approximate surface area is 154 Å². The van der Waals surface area contributed by atoms with Gasteiger partial charge < -0.3 is 10.2 Å². The Kier molecular flexibility index (Phi) is 5.64.